The number of aromatic nitrogens is 2. The zero-order valence-electron chi connectivity index (χ0n) is 7.30. The fraction of sp³-hybridized carbons (Fsp3) is 0.714. The smallest absolute Gasteiger partial charge is 0.259 e. The molecule has 0 saturated heterocycles. The van der Waals surface area contributed by atoms with Gasteiger partial charge in [-0.3, -0.25) is 0 Å². The fourth-order valence-electron chi connectivity index (χ4n) is 0.803. The van der Waals surface area contributed by atoms with Crippen molar-refractivity contribution in [3.8, 4) is 0 Å². The maximum absolute atomic E-state index is 5.27. The number of ether oxygens (including phenoxy) is 1. The summed E-state index contributed by atoms with van der Waals surface area (Å²) in [5.74, 6) is 0.499. The van der Waals surface area contributed by atoms with Crippen LogP contribution in [0.2, 0.25) is 0 Å². The van der Waals surface area contributed by atoms with Crippen molar-refractivity contribution in [1.82, 2.24) is 10.1 Å². The van der Waals surface area contributed by atoms with Gasteiger partial charge in [-0.1, -0.05) is 6.92 Å². The molecule has 0 spiro atoms. The van der Waals surface area contributed by atoms with Gasteiger partial charge in [0, 0.05) is 7.11 Å². The second-order valence-electron chi connectivity index (χ2n) is 2.66. The van der Waals surface area contributed by atoms with Crippen LogP contribution in [0.5, 0.6) is 0 Å². The maximum Gasteiger partial charge on any atom is 0.259 e. The molecule has 0 aliphatic heterocycles. The van der Waals surface area contributed by atoms with Crippen molar-refractivity contribution in [2.45, 2.75) is 25.9 Å². The van der Waals surface area contributed by atoms with Crippen molar-refractivity contribution in [2.24, 2.45) is 0 Å². The summed E-state index contributed by atoms with van der Waals surface area (Å²) in [6.45, 7) is 3.91. The van der Waals surface area contributed by atoms with E-state index in [9.17, 15) is 0 Å². The Morgan fingerprint density at radius 2 is 2.33 bits per heavy atom. The first-order chi connectivity index (χ1) is 5.62. The van der Waals surface area contributed by atoms with Crippen LogP contribution in [0.4, 0.5) is 0 Å². The van der Waals surface area contributed by atoms with E-state index >= 15 is 0 Å². The summed E-state index contributed by atoms with van der Waals surface area (Å²) >= 11 is 3.11. The van der Waals surface area contributed by atoms with Gasteiger partial charge in [-0.2, -0.15) is 4.98 Å². The van der Waals surface area contributed by atoms with Crippen molar-refractivity contribution >= 4 is 15.9 Å². The third kappa shape index (κ3) is 1.67. The maximum atomic E-state index is 5.27. The summed E-state index contributed by atoms with van der Waals surface area (Å²) in [6, 6.07) is 0. The highest BCUT2D eigenvalue weighted by atomic mass is 79.9. The van der Waals surface area contributed by atoms with Gasteiger partial charge in [-0.25, -0.2) is 0 Å². The molecule has 1 heterocycles. The Balaban J connectivity index is 2.94. The molecule has 68 valence electrons. The SMILES string of the molecule is CCC(C)(OC)c1nc(Br)no1. The summed E-state index contributed by atoms with van der Waals surface area (Å²) in [6.07, 6.45) is 0.790. The van der Waals surface area contributed by atoms with Crippen LogP contribution < -0.4 is 0 Å². The van der Waals surface area contributed by atoms with Gasteiger partial charge in [0.2, 0.25) is 4.73 Å². The minimum Gasteiger partial charge on any atom is -0.369 e. The lowest BCUT2D eigenvalue weighted by Gasteiger charge is -2.21. The van der Waals surface area contributed by atoms with Crippen LogP contribution in [0.15, 0.2) is 9.26 Å². The summed E-state index contributed by atoms with van der Waals surface area (Å²) in [5, 5.41) is 3.63. The molecule has 0 bridgehead atoms. The Kier molecular flexibility index (Phi) is 2.85. The lowest BCUT2D eigenvalue weighted by Crippen LogP contribution is -2.23. The highest BCUT2D eigenvalue weighted by Crippen LogP contribution is 2.26. The minimum atomic E-state index is -0.473. The van der Waals surface area contributed by atoms with E-state index in [0.717, 1.165) is 6.42 Å². The van der Waals surface area contributed by atoms with Gasteiger partial charge < -0.3 is 9.26 Å². The van der Waals surface area contributed by atoms with Gasteiger partial charge in [0.05, 0.1) is 0 Å². The van der Waals surface area contributed by atoms with Crippen LogP contribution in [0, 0.1) is 0 Å². The van der Waals surface area contributed by atoms with E-state index in [1.165, 1.54) is 0 Å². The van der Waals surface area contributed by atoms with Crippen LogP contribution in [-0.2, 0) is 10.3 Å². The van der Waals surface area contributed by atoms with E-state index < -0.39 is 5.60 Å². The Morgan fingerprint density at radius 1 is 1.67 bits per heavy atom. The number of rotatable bonds is 3. The van der Waals surface area contributed by atoms with E-state index in [1.54, 1.807) is 7.11 Å². The van der Waals surface area contributed by atoms with Crippen LogP contribution in [0.25, 0.3) is 0 Å². The van der Waals surface area contributed by atoms with Gasteiger partial charge in [-0.05, 0) is 34.4 Å². The van der Waals surface area contributed by atoms with Gasteiger partial charge in [0.1, 0.15) is 5.60 Å². The van der Waals surface area contributed by atoms with Gasteiger partial charge in [0.15, 0.2) is 0 Å². The van der Waals surface area contributed by atoms with Crippen molar-refractivity contribution in [2.75, 3.05) is 7.11 Å². The molecule has 1 aromatic rings. The number of nitrogens with zero attached hydrogens (tertiary/aromatic N) is 2. The Morgan fingerprint density at radius 3 is 2.67 bits per heavy atom. The number of methoxy groups -OCH3 is 1. The molecule has 0 aliphatic rings. The number of hydrogen-bond acceptors (Lipinski definition) is 4. The number of hydrogen-bond donors (Lipinski definition) is 0. The molecule has 0 fully saturated rings. The quantitative estimate of drug-likeness (QED) is 0.804. The molecule has 1 aromatic heterocycles. The second-order valence-corrected chi connectivity index (χ2v) is 3.37. The molecule has 12 heavy (non-hydrogen) atoms. The molecule has 1 atom stereocenters. The second kappa shape index (κ2) is 3.53. The molecule has 0 saturated carbocycles. The Hall–Kier alpha value is -0.420. The van der Waals surface area contributed by atoms with Gasteiger partial charge in [0.25, 0.3) is 5.89 Å². The molecule has 5 heteroatoms. The lowest BCUT2D eigenvalue weighted by atomic mass is 10.0. The van der Waals surface area contributed by atoms with Crippen LogP contribution in [-0.4, -0.2) is 17.3 Å². The molecule has 1 unspecified atom stereocenters. The third-order valence-electron chi connectivity index (χ3n) is 1.98. The van der Waals surface area contributed by atoms with Crippen molar-refractivity contribution in [3.63, 3.8) is 0 Å². The van der Waals surface area contributed by atoms with Crippen LogP contribution >= 0.6 is 15.9 Å². The monoisotopic (exact) mass is 234 g/mol. The average molecular weight is 235 g/mol. The minimum absolute atomic E-state index is 0.453. The Bertz CT molecular complexity index is 258. The molecule has 0 N–H and O–H groups in total. The highest BCUT2D eigenvalue weighted by Gasteiger charge is 2.30. The molecular weight excluding hydrogens is 224 g/mol. The Labute approximate surface area is 79.4 Å². The molecule has 4 nitrogen and oxygen atoms in total. The molecular formula is C7H11BrN2O2. The standard InChI is InChI=1S/C7H11BrN2O2/c1-4-7(2,11-3)5-9-6(8)10-12-5/h4H2,1-3H3. The van der Waals surface area contributed by atoms with E-state index in [4.69, 9.17) is 9.26 Å². The molecule has 1 rings (SSSR count). The van der Waals surface area contributed by atoms with E-state index in [2.05, 4.69) is 26.1 Å². The first kappa shape index (κ1) is 9.67. The summed E-state index contributed by atoms with van der Waals surface area (Å²) in [5.41, 5.74) is -0.473. The van der Waals surface area contributed by atoms with Crippen LogP contribution in [0.3, 0.4) is 0 Å². The summed E-state index contributed by atoms with van der Waals surface area (Å²) in [4.78, 5) is 4.04. The topological polar surface area (TPSA) is 48.2 Å². The van der Waals surface area contributed by atoms with Gasteiger partial charge >= 0.3 is 0 Å². The van der Waals surface area contributed by atoms with Gasteiger partial charge in [-0.15, -0.1) is 0 Å². The molecule has 0 radical (unpaired) electrons. The predicted molar refractivity (Wildman–Crippen MR) is 46.7 cm³/mol. The van der Waals surface area contributed by atoms with Crippen molar-refractivity contribution in [3.05, 3.63) is 10.6 Å². The largest absolute Gasteiger partial charge is 0.369 e. The van der Waals surface area contributed by atoms with E-state index in [-0.39, 0.29) is 0 Å². The zero-order valence-corrected chi connectivity index (χ0v) is 8.88. The van der Waals surface area contributed by atoms with Crippen molar-refractivity contribution in [1.29, 1.82) is 0 Å². The summed E-state index contributed by atoms with van der Waals surface area (Å²) < 4.78 is 10.7. The lowest BCUT2D eigenvalue weighted by molar-refractivity contribution is -0.0272. The van der Waals surface area contributed by atoms with Crippen molar-refractivity contribution < 1.29 is 9.26 Å². The number of halogens is 1. The highest BCUT2D eigenvalue weighted by molar-refractivity contribution is 9.10. The molecule has 0 aromatic carbocycles. The first-order valence-corrected chi connectivity index (χ1v) is 4.46. The first-order valence-electron chi connectivity index (χ1n) is 3.67. The average Bonchev–Trinajstić information content (AvgIpc) is 2.51. The van der Waals surface area contributed by atoms with E-state index in [1.807, 2.05) is 13.8 Å². The predicted octanol–water partition coefficient (Wildman–Crippen LogP) is 2.10. The fourth-order valence-corrected chi connectivity index (χ4v) is 1.04. The molecule has 0 amide bonds. The molecule has 0 aliphatic carbocycles. The zero-order chi connectivity index (χ0) is 9.19. The summed E-state index contributed by atoms with van der Waals surface area (Å²) in [7, 11) is 1.63. The van der Waals surface area contributed by atoms with E-state index in [0.29, 0.717) is 10.6 Å². The van der Waals surface area contributed by atoms with Crippen LogP contribution in [0.1, 0.15) is 26.2 Å². The third-order valence-corrected chi connectivity index (χ3v) is 2.30. The normalized spacial score (nSPS) is 16.0.